The van der Waals surface area contributed by atoms with Gasteiger partial charge in [-0.15, -0.1) is 0 Å². The first-order valence-electron chi connectivity index (χ1n) is 6.09. The molecule has 7 heteroatoms. The maximum absolute atomic E-state index is 12.2. The van der Waals surface area contributed by atoms with E-state index < -0.39 is 6.61 Å². The van der Waals surface area contributed by atoms with Crippen LogP contribution in [0.4, 0.5) is 14.5 Å². The highest BCUT2D eigenvalue weighted by Crippen LogP contribution is 2.25. The number of hydrogen-bond acceptors (Lipinski definition) is 4. The van der Waals surface area contributed by atoms with E-state index in [4.69, 9.17) is 4.74 Å². The number of nitrogens with one attached hydrogen (secondary N) is 2. The summed E-state index contributed by atoms with van der Waals surface area (Å²) in [5, 5.41) is 5.45. The van der Waals surface area contributed by atoms with Crippen molar-refractivity contribution < 1.29 is 23.0 Å². The lowest BCUT2D eigenvalue weighted by Gasteiger charge is -2.15. The van der Waals surface area contributed by atoms with Crippen LogP contribution in [0.15, 0.2) is 24.3 Å². The summed E-state index contributed by atoms with van der Waals surface area (Å²) in [6, 6.07) is 6.07. The number of halogens is 2. The summed E-state index contributed by atoms with van der Waals surface area (Å²) in [6.07, 6.45) is 0. The van der Waals surface area contributed by atoms with Gasteiger partial charge in [-0.05, 0) is 19.1 Å². The largest absolute Gasteiger partial charge is 0.433 e. The molecule has 20 heavy (non-hydrogen) atoms. The van der Waals surface area contributed by atoms with Crippen molar-refractivity contribution in [3.05, 3.63) is 24.3 Å². The highest BCUT2D eigenvalue weighted by molar-refractivity contribution is 5.81. The molecule has 0 unspecified atom stereocenters. The van der Waals surface area contributed by atoms with E-state index in [2.05, 4.69) is 15.4 Å². The first-order valence-corrected chi connectivity index (χ1v) is 6.09. The van der Waals surface area contributed by atoms with Gasteiger partial charge in [0, 0.05) is 13.2 Å². The number of amides is 1. The van der Waals surface area contributed by atoms with Crippen LogP contribution in [0.2, 0.25) is 0 Å². The van der Waals surface area contributed by atoms with E-state index in [1.165, 1.54) is 6.07 Å². The van der Waals surface area contributed by atoms with Gasteiger partial charge in [-0.2, -0.15) is 8.78 Å². The van der Waals surface area contributed by atoms with Crippen LogP contribution >= 0.6 is 0 Å². The van der Waals surface area contributed by atoms with Crippen molar-refractivity contribution >= 4 is 11.6 Å². The fourth-order valence-electron chi connectivity index (χ4n) is 1.60. The summed E-state index contributed by atoms with van der Waals surface area (Å²) in [7, 11) is 1.54. The molecule has 1 aromatic carbocycles. The Labute approximate surface area is 116 Å². The maximum atomic E-state index is 12.2. The van der Waals surface area contributed by atoms with E-state index in [9.17, 15) is 13.6 Å². The summed E-state index contributed by atoms with van der Waals surface area (Å²) in [5.74, 6) is -0.262. The third kappa shape index (κ3) is 5.83. The zero-order valence-electron chi connectivity index (χ0n) is 11.4. The standard InChI is InChI=1S/C13H18F2N2O3/c1-9(8-19-2)17-12(18)7-16-10-5-3-4-6-11(10)20-13(14)15/h3-6,9,13,16H,7-8H2,1-2H3,(H,17,18)/t9-/m0/s1. The van der Waals surface area contributed by atoms with Crippen LogP contribution in [-0.4, -0.2) is 38.8 Å². The quantitative estimate of drug-likeness (QED) is 0.766. The maximum Gasteiger partial charge on any atom is 0.387 e. The van der Waals surface area contributed by atoms with Crippen molar-refractivity contribution in [1.82, 2.24) is 5.32 Å². The Morgan fingerprint density at radius 3 is 2.70 bits per heavy atom. The van der Waals surface area contributed by atoms with Crippen LogP contribution in [0.25, 0.3) is 0 Å². The van der Waals surface area contributed by atoms with Crippen molar-refractivity contribution in [3.8, 4) is 5.75 Å². The van der Waals surface area contributed by atoms with Gasteiger partial charge in [-0.25, -0.2) is 0 Å². The van der Waals surface area contributed by atoms with Gasteiger partial charge in [0.05, 0.1) is 18.8 Å². The number of carbonyl (C=O) groups excluding carboxylic acids is 1. The number of para-hydroxylation sites is 2. The third-order valence-electron chi connectivity index (χ3n) is 2.37. The van der Waals surface area contributed by atoms with Crippen molar-refractivity contribution in [2.45, 2.75) is 19.6 Å². The van der Waals surface area contributed by atoms with Crippen LogP contribution in [0.5, 0.6) is 5.75 Å². The SMILES string of the molecule is COC[C@H](C)NC(=O)CNc1ccccc1OC(F)F. The van der Waals surface area contributed by atoms with E-state index in [1.54, 1.807) is 32.2 Å². The molecule has 0 fully saturated rings. The van der Waals surface area contributed by atoms with Gasteiger partial charge in [0.2, 0.25) is 5.91 Å². The highest BCUT2D eigenvalue weighted by atomic mass is 19.3. The summed E-state index contributed by atoms with van der Waals surface area (Å²) in [6.45, 7) is -0.752. The van der Waals surface area contributed by atoms with E-state index in [0.29, 0.717) is 12.3 Å². The predicted molar refractivity (Wildman–Crippen MR) is 71.0 cm³/mol. The zero-order chi connectivity index (χ0) is 15.0. The van der Waals surface area contributed by atoms with Crippen LogP contribution < -0.4 is 15.4 Å². The fourth-order valence-corrected chi connectivity index (χ4v) is 1.60. The number of carbonyl (C=O) groups is 1. The molecule has 2 N–H and O–H groups in total. The number of anilines is 1. The topological polar surface area (TPSA) is 59.6 Å². The summed E-state index contributed by atoms with van der Waals surface area (Å²) >= 11 is 0. The Kier molecular flexibility index (Phi) is 6.72. The van der Waals surface area contributed by atoms with Gasteiger partial charge in [-0.1, -0.05) is 12.1 Å². The van der Waals surface area contributed by atoms with Crippen molar-refractivity contribution in [2.75, 3.05) is 25.6 Å². The number of alkyl halides is 2. The van der Waals surface area contributed by atoms with Gasteiger partial charge in [0.25, 0.3) is 0 Å². The van der Waals surface area contributed by atoms with Gasteiger partial charge in [0.1, 0.15) is 5.75 Å². The molecule has 112 valence electrons. The van der Waals surface area contributed by atoms with Crippen LogP contribution in [0.3, 0.4) is 0 Å². The molecule has 0 aromatic heterocycles. The molecule has 0 aliphatic rings. The number of benzene rings is 1. The highest BCUT2D eigenvalue weighted by Gasteiger charge is 2.11. The predicted octanol–water partition coefficient (Wildman–Crippen LogP) is 1.85. The molecule has 0 aliphatic carbocycles. The average molecular weight is 288 g/mol. The Hall–Kier alpha value is -1.89. The molecule has 0 heterocycles. The molecule has 0 saturated carbocycles. The normalized spacial score (nSPS) is 12.1. The lowest BCUT2D eigenvalue weighted by Crippen LogP contribution is -2.39. The Morgan fingerprint density at radius 2 is 2.05 bits per heavy atom. The second-order valence-corrected chi connectivity index (χ2v) is 4.15. The third-order valence-corrected chi connectivity index (χ3v) is 2.37. The van der Waals surface area contributed by atoms with Gasteiger partial charge in [-0.3, -0.25) is 4.79 Å². The molecule has 1 amide bonds. The van der Waals surface area contributed by atoms with Crippen molar-refractivity contribution in [1.29, 1.82) is 0 Å². The Bertz CT molecular complexity index is 430. The molecule has 0 bridgehead atoms. The number of rotatable bonds is 8. The molecule has 1 atom stereocenters. The van der Waals surface area contributed by atoms with E-state index in [0.717, 1.165) is 0 Å². The molecule has 1 rings (SSSR count). The lowest BCUT2D eigenvalue weighted by atomic mass is 10.3. The van der Waals surface area contributed by atoms with Crippen molar-refractivity contribution in [2.24, 2.45) is 0 Å². The minimum absolute atomic E-state index is 0.000222. The van der Waals surface area contributed by atoms with E-state index in [1.807, 2.05) is 0 Å². The monoisotopic (exact) mass is 288 g/mol. The van der Waals surface area contributed by atoms with Gasteiger partial charge in [0.15, 0.2) is 0 Å². The lowest BCUT2D eigenvalue weighted by molar-refractivity contribution is -0.120. The zero-order valence-corrected chi connectivity index (χ0v) is 11.4. The molecule has 0 aliphatic heterocycles. The van der Waals surface area contributed by atoms with Gasteiger partial charge < -0.3 is 20.1 Å². The summed E-state index contributed by atoms with van der Waals surface area (Å²) in [5.41, 5.74) is 0.336. The van der Waals surface area contributed by atoms with Crippen LogP contribution in [0.1, 0.15) is 6.92 Å². The first-order chi connectivity index (χ1) is 9.52. The second-order valence-electron chi connectivity index (χ2n) is 4.15. The number of ether oxygens (including phenoxy) is 2. The number of hydrogen-bond donors (Lipinski definition) is 2. The first kappa shape index (κ1) is 16.2. The van der Waals surface area contributed by atoms with E-state index in [-0.39, 0.29) is 24.2 Å². The molecule has 0 saturated heterocycles. The molecule has 1 aromatic rings. The fraction of sp³-hybridized carbons (Fsp3) is 0.462. The minimum atomic E-state index is -2.91. The minimum Gasteiger partial charge on any atom is -0.433 e. The van der Waals surface area contributed by atoms with E-state index >= 15 is 0 Å². The smallest absolute Gasteiger partial charge is 0.387 e. The molecule has 0 spiro atoms. The Balaban J connectivity index is 2.50. The summed E-state index contributed by atoms with van der Waals surface area (Å²) in [4.78, 5) is 11.6. The molecule has 5 nitrogen and oxygen atoms in total. The summed E-state index contributed by atoms with van der Waals surface area (Å²) < 4.78 is 33.7. The average Bonchev–Trinajstić information content (AvgIpc) is 2.37. The molecular formula is C13H18F2N2O3. The number of methoxy groups -OCH3 is 1. The van der Waals surface area contributed by atoms with Crippen molar-refractivity contribution in [3.63, 3.8) is 0 Å². The second kappa shape index (κ2) is 8.31. The Morgan fingerprint density at radius 1 is 1.35 bits per heavy atom. The van der Waals surface area contributed by atoms with Crippen LogP contribution in [-0.2, 0) is 9.53 Å². The molecule has 0 radical (unpaired) electrons. The van der Waals surface area contributed by atoms with Gasteiger partial charge >= 0.3 is 6.61 Å². The molecular weight excluding hydrogens is 270 g/mol. The van der Waals surface area contributed by atoms with Crippen LogP contribution in [0, 0.1) is 0 Å².